The van der Waals surface area contributed by atoms with Crippen LogP contribution in [0.2, 0.25) is 0 Å². The molecule has 0 spiro atoms. The minimum atomic E-state index is -0.378. The number of rotatable bonds is 5. The van der Waals surface area contributed by atoms with Gasteiger partial charge in [0.15, 0.2) is 0 Å². The molecular weight excluding hydrogens is 256 g/mol. The molecule has 5 heteroatoms. The third-order valence-electron chi connectivity index (χ3n) is 3.11. The van der Waals surface area contributed by atoms with Crippen molar-refractivity contribution in [1.82, 2.24) is 4.57 Å². The number of nitrogens with zero attached hydrogens (tertiary/aromatic N) is 1. The summed E-state index contributed by atoms with van der Waals surface area (Å²) in [4.78, 5) is 11.6. The molecule has 0 radical (unpaired) electrons. The van der Waals surface area contributed by atoms with Crippen LogP contribution in [0.15, 0.2) is 36.5 Å². The van der Waals surface area contributed by atoms with E-state index in [-0.39, 0.29) is 5.97 Å². The van der Waals surface area contributed by atoms with E-state index in [1.807, 2.05) is 28.8 Å². The van der Waals surface area contributed by atoms with Gasteiger partial charge in [0.2, 0.25) is 0 Å². The molecule has 2 aromatic rings. The highest BCUT2D eigenvalue weighted by molar-refractivity contribution is 5.88. The highest BCUT2D eigenvalue weighted by atomic mass is 16.5. The van der Waals surface area contributed by atoms with Crippen LogP contribution in [0.1, 0.15) is 16.1 Å². The highest BCUT2D eigenvalue weighted by Crippen LogP contribution is 2.15. The zero-order chi connectivity index (χ0) is 14.5. The fraction of sp³-hybridized carbons (Fsp3) is 0.267. The summed E-state index contributed by atoms with van der Waals surface area (Å²) in [5.41, 5.74) is 7.92. The summed E-state index contributed by atoms with van der Waals surface area (Å²) < 4.78 is 11.7. The molecule has 0 aliphatic rings. The molecule has 2 rings (SSSR count). The number of ether oxygens (including phenoxy) is 2. The number of aryl methyl sites for hydroxylation is 2. The number of esters is 1. The Labute approximate surface area is 117 Å². The van der Waals surface area contributed by atoms with Gasteiger partial charge in [-0.1, -0.05) is 12.1 Å². The van der Waals surface area contributed by atoms with Gasteiger partial charge in [0, 0.05) is 12.7 Å². The van der Waals surface area contributed by atoms with Crippen LogP contribution in [-0.4, -0.2) is 24.8 Å². The molecule has 106 valence electrons. The number of methoxy groups -OCH3 is 2. The van der Waals surface area contributed by atoms with Crippen molar-refractivity contribution >= 4 is 11.7 Å². The molecule has 1 aromatic carbocycles. The van der Waals surface area contributed by atoms with E-state index in [1.165, 1.54) is 7.11 Å². The topological polar surface area (TPSA) is 66.5 Å². The number of hydrogen-bond acceptors (Lipinski definition) is 4. The van der Waals surface area contributed by atoms with Gasteiger partial charge in [-0.25, -0.2) is 4.79 Å². The molecule has 0 saturated carbocycles. The Bertz CT molecular complexity index is 588. The number of anilines is 1. The Kier molecular flexibility index (Phi) is 4.30. The van der Waals surface area contributed by atoms with E-state index in [0.717, 1.165) is 17.7 Å². The summed E-state index contributed by atoms with van der Waals surface area (Å²) in [6, 6.07) is 9.47. The molecule has 0 atom stereocenters. The molecule has 0 unspecified atom stereocenters. The molecule has 2 N–H and O–H groups in total. The fourth-order valence-corrected chi connectivity index (χ4v) is 2.04. The molecule has 1 aromatic heterocycles. The van der Waals surface area contributed by atoms with Gasteiger partial charge in [-0.05, 0) is 30.2 Å². The number of benzene rings is 1. The summed E-state index contributed by atoms with van der Waals surface area (Å²) in [6.45, 7) is 0.661. The standard InChI is InChI=1S/C15H18N2O3/c1-19-13-5-3-11(4-6-13)7-8-17-10-12(16)9-14(17)15(18)20-2/h3-6,9-10H,7-8,16H2,1-2H3. The van der Waals surface area contributed by atoms with Crippen molar-refractivity contribution in [2.45, 2.75) is 13.0 Å². The van der Waals surface area contributed by atoms with E-state index >= 15 is 0 Å². The van der Waals surface area contributed by atoms with Gasteiger partial charge in [-0.2, -0.15) is 0 Å². The summed E-state index contributed by atoms with van der Waals surface area (Å²) in [6.07, 6.45) is 2.54. The van der Waals surface area contributed by atoms with Crippen LogP contribution in [0.4, 0.5) is 5.69 Å². The number of nitrogen functional groups attached to an aromatic ring is 1. The number of nitrogens with two attached hydrogens (primary N) is 1. The second-order valence-corrected chi connectivity index (χ2v) is 4.44. The van der Waals surface area contributed by atoms with E-state index < -0.39 is 0 Å². The van der Waals surface area contributed by atoms with Gasteiger partial charge in [-0.3, -0.25) is 0 Å². The van der Waals surface area contributed by atoms with Crippen molar-refractivity contribution in [3.63, 3.8) is 0 Å². The van der Waals surface area contributed by atoms with Gasteiger partial charge in [0.1, 0.15) is 11.4 Å². The molecule has 20 heavy (non-hydrogen) atoms. The maximum absolute atomic E-state index is 11.6. The quantitative estimate of drug-likeness (QED) is 0.848. The fourth-order valence-electron chi connectivity index (χ4n) is 2.04. The van der Waals surface area contributed by atoms with Gasteiger partial charge in [0.25, 0.3) is 0 Å². The Morgan fingerprint density at radius 2 is 1.95 bits per heavy atom. The lowest BCUT2D eigenvalue weighted by molar-refractivity contribution is 0.0588. The first-order valence-corrected chi connectivity index (χ1v) is 6.31. The van der Waals surface area contributed by atoms with E-state index in [1.54, 1.807) is 19.4 Å². The van der Waals surface area contributed by atoms with Crippen LogP contribution in [0.5, 0.6) is 5.75 Å². The number of carbonyl (C=O) groups is 1. The van der Waals surface area contributed by atoms with E-state index in [9.17, 15) is 4.79 Å². The first-order valence-electron chi connectivity index (χ1n) is 6.31. The maximum atomic E-state index is 11.6. The van der Waals surface area contributed by atoms with Gasteiger partial charge in [0.05, 0.1) is 19.9 Å². The minimum absolute atomic E-state index is 0.378. The molecule has 0 fully saturated rings. The van der Waals surface area contributed by atoms with E-state index in [2.05, 4.69) is 0 Å². The molecule has 5 nitrogen and oxygen atoms in total. The molecule has 1 heterocycles. The van der Waals surface area contributed by atoms with Crippen LogP contribution in [0, 0.1) is 0 Å². The van der Waals surface area contributed by atoms with E-state index in [0.29, 0.717) is 17.9 Å². The average molecular weight is 274 g/mol. The van der Waals surface area contributed by atoms with Crippen molar-refractivity contribution in [3.05, 3.63) is 47.8 Å². The van der Waals surface area contributed by atoms with Crippen molar-refractivity contribution in [3.8, 4) is 5.75 Å². The minimum Gasteiger partial charge on any atom is -0.497 e. The zero-order valence-electron chi connectivity index (χ0n) is 11.6. The van der Waals surface area contributed by atoms with Crippen molar-refractivity contribution in [1.29, 1.82) is 0 Å². The molecule has 0 amide bonds. The molecule has 0 saturated heterocycles. The summed E-state index contributed by atoms with van der Waals surface area (Å²) in [5.74, 6) is 0.450. The second-order valence-electron chi connectivity index (χ2n) is 4.44. The first-order chi connectivity index (χ1) is 9.63. The molecule has 0 aliphatic carbocycles. The van der Waals surface area contributed by atoms with Crippen LogP contribution in [0.25, 0.3) is 0 Å². The molecular formula is C15H18N2O3. The van der Waals surface area contributed by atoms with Crippen molar-refractivity contribution in [2.75, 3.05) is 20.0 Å². The normalized spacial score (nSPS) is 10.3. The number of carbonyl (C=O) groups excluding carboxylic acids is 1. The van der Waals surface area contributed by atoms with Crippen LogP contribution in [-0.2, 0) is 17.7 Å². The summed E-state index contributed by atoms with van der Waals surface area (Å²) in [5, 5.41) is 0. The predicted octanol–water partition coefficient (Wildman–Crippen LogP) is 2.11. The monoisotopic (exact) mass is 274 g/mol. The van der Waals surface area contributed by atoms with Gasteiger partial charge >= 0.3 is 5.97 Å². The van der Waals surface area contributed by atoms with Gasteiger partial charge < -0.3 is 19.8 Å². The van der Waals surface area contributed by atoms with Crippen molar-refractivity contribution < 1.29 is 14.3 Å². The highest BCUT2D eigenvalue weighted by Gasteiger charge is 2.12. The summed E-state index contributed by atoms with van der Waals surface area (Å²) in [7, 11) is 3.00. The lowest BCUT2D eigenvalue weighted by atomic mass is 10.1. The smallest absolute Gasteiger partial charge is 0.354 e. The van der Waals surface area contributed by atoms with Gasteiger partial charge in [-0.15, -0.1) is 0 Å². The number of hydrogen-bond donors (Lipinski definition) is 1. The third kappa shape index (κ3) is 3.12. The zero-order valence-corrected chi connectivity index (χ0v) is 11.6. The number of aromatic nitrogens is 1. The Hall–Kier alpha value is -2.43. The SMILES string of the molecule is COC(=O)c1cc(N)cn1CCc1ccc(OC)cc1. The second kappa shape index (κ2) is 6.14. The van der Waals surface area contributed by atoms with Crippen LogP contribution < -0.4 is 10.5 Å². The van der Waals surface area contributed by atoms with Crippen molar-refractivity contribution in [2.24, 2.45) is 0 Å². The molecule has 0 bridgehead atoms. The Balaban J connectivity index is 2.08. The van der Waals surface area contributed by atoms with Crippen LogP contribution in [0.3, 0.4) is 0 Å². The lowest BCUT2D eigenvalue weighted by Crippen LogP contribution is -2.11. The largest absolute Gasteiger partial charge is 0.497 e. The predicted molar refractivity (Wildman–Crippen MR) is 76.9 cm³/mol. The van der Waals surface area contributed by atoms with E-state index in [4.69, 9.17) is 15.2 Å². The van der Waals surface area contributed by atoms with Crippen LogP contribution >= 0.6 is 0 Å². The third-order valence-corrected chi connectivity index (χ3v) is 3.11. The Morgan fingerprint density at radius 3 is 2.55 bits per heavy atom. The Morgan fingerprint density at radius 1 is 1.25 bits per heavy atom. The average Bonchev–Trinajstić information content (AvgIpc) is 2.86. The maximum Gasteiger partial charge on any atom is 0.354 e. The lowest BCUT2D eigenvalue weighted by Gasteiger charge is -2.08. The first kappa shape index (κ1) is 14.0. The molecule has 0 aliphatic heterocycles. The summed E-state index contributed by atoms with van der Waals surface area (Å²) >= 11 is 0.